The first-order valence-electron chi connectivity index (χ1n) is 12.2. The summed E-state index contributed by atoms with van der Waals surface area (Å²) < 4.78 is 31.8. The lowest BCUT2D eigenvalue weighted by molar-refractivity contribution is -0.138. The van der Waals surface area contributed by atoms with E-state index < -0.39 is 45.0 Å². The molecule has 3 rings (SSSR count). The van der Waals surface area contributed by atoms with Crippen LogP contribution in [0.25, 0.3) is 0 Å². The second-order valence-corrected chi connectivity index (χ2v) is 19.7. The summed E-state index contributed by atoms with van der Waals surface area (Å²) >= 11 is 0. The molecule has 1 aliphatic carbocycles. The molecule has 2 unspecified atom stereocenters. The van der Waals surface area contributed by atoms with Gasteiger partial charge in [0.25, 0.3) is 8.32 Å². The van der Waals surface area contributed by atoms with Gasteiger partial charge in [-0.15, -0.1) is 0 Å². The minimum atomic E-state index is -4.09. The first-order valence-corrected chi connectivity index (χ1v) is 15.6. The summed E-state index contributed by atoms with van der Waals surface area (Å²) in [6.45, 7) is 15.3. The van der Waals surface area contributed by atoms with Crippen LogP contribution in [-0.4, -0.2) is 43.9 Å². The van der Waals surface area contributed by atoms with Gasteiger partial charge in [0.15, 0.2) is 14.6 Å². The third-order valence-corrected chi connectivity index (χ3v) is 15.7. The van der Waals surface area contributed by atoms with Gasteiger partial charge in [-0.2, -0.15) is 0 Å². The van der Waals surface area contributed by atoms with Crippen molar-refractivity contribution in [2.24, 2.45) is 11.3 Å². The van der Waals surface area contributed by atoms with Crippen LogP contribution in [0.5, 0.6) is 0 Å². The van der Waals surface area contributed by atoms with Gasteiger partial charge in [0.2, 0.25) is 0 Å². The zero-order chi connectivity index (χ0) is 26.5. The van der Waals surface area contributed by atoms with Crippen molar-refractivity contribution in [2.75, 3.05) is 6.61 Å². The average Bonchev–Trinajstić information content (AvgIpc) is 3.53. The molecule has 1 saturated carbocycles. The van der Waals surface area contributed by atoms with E-state index in [0.29, 0.717) is 0 Å². The monoisotopic (exact) mass is 516 g/mol. The van der Waals surface area contributed by atoms with Crippen molar-refractivity contribution < 1.29 is 22.7 Å². The summed E-state index contributed by atoms with van der Waals surface area (Å²) in [5, 5.41) is 11.9. The Hall–Kier alpha value is -1.96. The van der Waals surface area contributed by atoms with Crippen molar-refractivity contribution in [3.8, 4) is 0 Å². The van der Waals surface area contributed by atoms with Gasteiger partial charge in [0.1, 0.15) is 0 Å². The standard InChI is InChI=1S/C28H40O5SSi/c1-25(2,3)23-19-28(23,24(29)30)34(31,32)27(7,8)20-33-35(26(4,5)6,21-15-11-9-12-16-21)22-17-13-10-14-18-22/h9-18,23H,19-20H2,1-8H3,(H,29,30). The van der Waals surface area contributed by atoms with Crippen molar-refractivity contribution >= 4 is 34.5 Å². The molecule has 1 aliphatic rings. The predicted octanol–water partition coefficient (Wildman–Crippen LogP) is 4.65. The molecule has 0 spiro atoms. The van der Waals surface area contributed by atoms with Gasteiger partial charge < -0.3 is 9.53 Å². The molecule has 2 aromatic rings. The third-order valence-electron chi connectivity index (χ3n) is 7.58. The maximum atomic E-state index is 14.0. The number of carbonyl (C=O) groups is 1. The van der Waals surface area contributed by atoms with E-state index in [9.17, 15) is 18.3 Å². The van der Waals surface area contributed by atoms with Crippen LogP contribution in [0.15, 0.2) is 60.7 Å². The Labute approximate surface area is 212 Å². The molecule has 5 nitrogen and oxygen atoms in total. The lowest BCUT2D eigenvalue weighted by atomic mass is 9.89. The molecule has 0 amide bonds. The minimum absolute atomic E-state index is 0.0888. The average molecular weight is 517 g/mol. The van der Waals surface area contributed by atoms with Crippen molar-refractivity contribution in [3.63, 3.8) is 0 Å². The molecule has 192 valence electrons. The van der Waals surface area contributed by atoms with Crippen LogP contribution < -0.4 is 10.4 Å². The Kier molecular flexibility index (Phi) is 6.99. The van der Waals surface area contributed by atoms with Gasteiger partial charge in [-0.3, -0.25) is 4.79 Å². The number of rotatable bonds is 8. The van der Waals surface area contributed by atoms with Crippen molar-refractivity contribution in [1.29, 1.82) is 0 Å². The highest BCUT2D eigenvalue weighted by atomic mass is 32.2. The van der Waals surface area contributed by atoms with Crippen LogP contribution in [0.1, 0.15) is 61.8 Å². The molecule has 1 fully saturated rings. The maximum Gasteiger partial charge on any atom is 0.325 e. The second kappa shape index (κ2) is 8.85. The number of benzene rings is 2. The highest BCUT2D eigenvalue weighted by molar-refractivity contribution is 7.95. The van der Waals surface area contributed by atoms with Gasteiger partial charge in [-0.05, 0) is 47.0 Å². The number of hydrogen-bond donors (Lipinski definition) is 1. The number of aliphatic carboxylic acids is 1. The summed E-state index contributed by atoms with van der Waals surface area (Å²) in [6, 6.07) is 20.1. The Morgan fingerprint density at radius 2 is 1.34 bits per heavy atom. The first-order chi connectivity index (χ1) is 15.9. The van der Waals surface area contributed by atoms with Gasteiger partial charge >= 0.3 is 5.97 Å². The van der Waals surface area contributed by atoms with E-state index in [1.165, 1.54) is 0 Å². The lowest BCUT2D eigenvalue weighted by Crippen LogP contribution is -2.68. The third kappa shape index (κ3) is 4.40. The van der Waals surface area contributed by atoms with Crippen LogP contribution in [0.4, 0.5) is 0 Å². The normalized spacial score (nSPS) is 21.5. The first kappa shape index (κ1) is 27.6. The van der Waals surface area contributed by atoms with Crippen LogP contribution in [-0.2, 0) is 19.1 Å². The fraction of sp³-hybridized carbons (Fsp3) is 0.536. The van der Waals surface area contributed by atoms with E-state index in [2.05, 4.69) is 45.0 Å². The SMILES string of the molecule is CC(C)(C)C1CC1(C(=O)O)S(=O)(=O)C(C)(C)CO[Si](c1ccccc1)(c1ccccc1)C(C)(C)C. The molecule has 35 heavy (non-hydrogen) atoms. The topological polar surface area (TPSA) is 80.7 Å². The predicted molar refractivity (Wildman–Crippen MR) is 145 cm³/mol. The Balaban J connectivity index is 2.10. The van der Waals surface area contributed by atoms with E-state index in [-0.39, 0.29) is 18.1 Å². The molecule has 0 aromatic heterocycles. The zero-order valence-corrected chi connectivity index (χ0v) is 24.1. The van der Waals surface area contributed by atoms with Gasteiger partial charge in [-0.25, -0.2) is 8.42 Å². The van der Waals surface area contributed by atoms with Crippen LogP contribution in [0.2, 0.25) is 5.04 Å². The van der Waals surface area contributed by atoms with E-state index in [4.69, 9.17) is 4.43 Å². The molecule has 2 aromatic carbocycles. The molecule has 1 N–H and O–H groups in total. The number of sulfone groups is 1. The van der Waals surface area contributed by atoms with Gasteiger partial charge in [0, 0.05) is 0 Å². The molecule has 0 radical (unpaired) electrons. The summed E-state index contributed by atoms with van der Waals surface area (Å²) in [7, 11) is -7.06. The van der Waals surface area contributed by atoms with Crippen molar-refractivity contribution in [3.05, 3.63) is 60.7 Å². The van der Waals surface area contributed by atoms with E-state index in [1.54, 1.807) is 13.8 Å². The van der Waals surface area contributed by atoms with Gasteiger partial charge in [0.05, 0.1) is 11.4 Å². The van der Waals surface area contributed by atoms with Gasteiger partial charge in [-0.1, -0.05) is 102 Å². The highest BCUT2D eigenvalue weighted by Gasteiger charge is 2.75. The summed E-state index contributed by atoms with van der Waals surface area (Å²) in [6.07, 6.45) is 0.136. The zero-order valence-electron chi connectivity index (χ0n) is 22.3. The number of hydrogen-bond acceptors (Lipinski definition) is 4. The van der Waals surface area contributed by atoms with E-state index >= 15 is 0 Å². The van der Waals surface area contributed by atoms with Crippen molar-refractivity contribution in [2.45, 2.75) is 76.3 Å². The van der Waals surface area contributed by atoms with Crippen LogP contribution >= 0.6 is 0 Å². The summed E-state index contributed by atoms with van der Waals surface area (Å²) in [5.41, 5.74) is -0.430. The minimum Gasteiger partial charge on any atom is -0.480 e. The quantitative estimate of drug-likeness (QED) is 0.517. The summed E-state index contributed by atoms with van der Waals surface area (Å²) in [4.78, 5) is 12.4. The lowest BCUT2D eigenvalue weighted by Gasteiger charge is -2.45. The molecular weight excluding hydrogens is 476 g/mol. The molecule has 2 atom stereocenters. The highest BCUT2D eigenvalue weighted by Crippen LogP contribution is 2.61. The summed E-state index contributed by atoms with van der Waals surface area (Å²) in [5.74, 6) is -1.69. The van der Waals surface area contributed by atoms with E-state index in [1.807, 2.05) is 57.2 Å². The van der Waals surface area contributed by atoms with Crippen molar-refractivity contribution in [1.82, 2.24) is 0 Å². The molecular formula is C28H40O5SSi. The molecule has 0 heterocycles. The fourth-order valence-corrected chi connectivity index (χ4v) is 12.9. The smallest absolute Gasteiger partial charge is 0.325 e. The largest absolute Gasteiger partial charge is 0.480 e. The molecule has 7 heteroatoms. The maximum absolute atomic E-state index is 14.0. The molecule has 0 saturated heterocycles. The fourth-order valence-electron chi connectivity index (χ4n) is 5.51. The Morgan fingerprint density at radius 3 is 1.66 bits per heavy atom. The van der Waals surface area contributed by atoms with E-state index in [0.717, 1.165) is 10.4 Å². The Morgan fingerprint density at radius 1 is 0.914 bits per heavy atom. The Bertz CT molecular complexity index is 1120. The molecule has 0 aliphatic heterocycles. The van der Waals surface area contributed by atoms with Crippen LogP contribution in [0.3, 0.4) is 0 Å². The second-order valence-electron chi connectivity index (χ2n) is 12.5. The molecule has 0 bridgehead atoms. The number of carboxylic acid groups (broad SMARTS) is 1. The number of carboxylic acids is 1. The van der Waals surface area contributed by atoms with Crippen LogP contribution in [0, 0.1) is 11.3 Å².